The van der Waals surface area contributed by atoms with Crippen LogP contribution < -0.4 is 15.8 Å². The van der Waals surface area contributed by atoms with Crippen molar-refractivity contribution in [3.63, 3.8) is 0 Å². The highest BCUT2D eigenvalue weighted by Crippen LogP contribution is 2.22. The monoisotopic (exact) mass is 495 g/mol. The summed E-state index contributed by atoms with van der Waals surface area (Å²) in [6.07, 6.45) is -1.13. The molecule has 0 bridgehead atoms. The van der Waals surface area contributed by atoms with Crippen molar-refractivity contribution in [2.45, 2.75) is 31.8 Å². The quantitative estimate of drug-likeness (QED) is 0.409. The fourth-order valence-electron chi connectivity index (χ4n) is 3.08. The number of nitrogens with two attached hydrogens (primary N) is 1. The highest BCUT2D eigenvalue weighted by Gasteiger charge is 2.21. The second-order valence-corrected chi connectivity index (χ2v) is 9.54. The Morgan fingerprint density at radius 2 is 1.49 bits per heavy atom. The highest BCUT2D eigenvalue weighted by molar-refractivity contribution is 7.92. The third kappa shape index (κ3) is 6.24. The Labute approximate surface area is 203 Å². The number of hydrogen-bond acceptors (Lipinski definition) is 6. The number of rotatable bonds is 8. The minimum Gasteiger partial charge on any atom is -0.449 e. The number of anilines is 2. The van der Waals surface area contributed by atoms with Crippen LogP contribution in [0.3, 0.4) is 0 Å². The van der Waals surface area contributed by atoms with Gasteiger partial charge in [-0.05, 0) is 86.5 Å². The van der Waals surface area contributed by atoms with Crippen LogP contribution in [0.4, 0.5) is 11.4 Å². The van der Waals surface area contributed by atoms with Crippen molar-refractivity contribution in [3.05, 3.63) is 89.0 Å². The molecule has 0 aromatic heterocycles. The number of esters is 1. The van der Waals surface area contributed by atoms with Crippen LogP contribution >= 0.6 is 0 Å². The predicted molar refractivity (Wildman–Crippen MR) is 132 cm³/mol. The summed E-state index contributed by atoms with van der Waals surface area (Å²) < 4.78 is 33.2. The first-order chi connectivity index (χ1) is 16.5. The van der Waals surface area contributed by atoms with Crippen molar-refractivity contribution in [3.8, 4) is 0 Å². The van der Waals surface area contributed by atoms with E-state index in [1.807, 2.05) is 19.9 Å². The summed E-state index contributed by atoms with van der Waals surface area (Å²) >= 11 is 0. The lowest BCUT2D eigenvalue weighted by Crippen LogP contribution is -2.30. The zero-order valence-corrected chi connectivity index (χ0v) is 20.2. The van der Waals surface area contributed by atoms with Gasteiger partial charge in [-0.2, -0.15) is 0 Å². The molecular formula is C25H25N3O6S. The maximum atomic E-state index is 12.7. The van der Waals surface area contributed by atoms with Crippen molar-refractivity contribution < 1.29 is 27.5 Å². The maximum Gasteiger partial charge on any atom is 0.338 e. The zero-order valence-electron chi connectivity index (χ0n) is 19.4. The standard InChI is InChI=1S/C25H25N3O6S/c1-15-5-4-6-22(16(15)2)28-35(32,33)21-13-9-19(10-14-21)25(31)34-17(3)24(30)27-20-11-7-18(8-12-20)23(26)29/h4-14,17,28H,1-3H3,(H2,26,29)(H,27,30)/t17-/m1/s1. The molecule has 0 fully saturated rings. The van der Waals surface area contributed by atoms with Crippen molar-refractivity contribution in [1.29, 1.82) is 0 Å². The van der Waals surface area contributed by atoms with E-state index in [2.05, 4.69) is 10.0 Å². The van der Waals surface area contributed by atoms with Gasteiger partial charge in [0.25, 0.3) is 15.9 Å². The van der Waals surface area contributed by atoms with Crippen molar-refractivity contribution in [1.82, 2.24) is 0 Å². The predicted octanol–water partition coefficient (Wildman–Crippen LogP) is 3.39. The summed E-state index contributed by atoms with van der Waals surface area (Å²) in [5.41, 5.74) is 8.18. The number of primary amides is 1. The molecule has 0 radical (unpaired) electrons. The van der Waals surface area contributed by atoms with E-state index in [1.54, 1.807) is 12.1 Å². The van der Waals surface area contributed by atoms with E-state index >= 15 is 0 Å². The van der Waals surface area contributed by atoms with Crippen LogP contribution in [-0.2, 0) is 19.6 Å². The van der Waals surface area contributed by atoms with Gasteiger partial charge in [-0.15, -0.1) is 0 Å². The van der Waals surface area contributed by atoms with Crippen LogP contribution in [0, 0.1) is 13.8 Å². The molecule has 10 heteroatoms. The molecule has 3 rings (SSSR count). The molecular weight excluding hydrogens is 470 g/mol. The molecule has 35 heavy (non-hydrogen) atoms. The third-order valence-corrected chi connectivity index (χ3v) is 6.72. The van der Waals surface area contributed by atoms with Crippen molar-refractivity contribution in [2.75, 3.05) is 10.0 Å². The molecule has 3 aromatic carbocycles. The number of benzene rings is 3. The van der Waals surface area contributed by atoms with Gasteiger partial charge in [0.1, 0.15) is 0 Å². The number of amides is 2. The minimum absolute atomic E-state index is 0.0276. The zero-order chi connectivity index (χ0) is 25.8. The second kappa shape index (κ2) is 10.4. The van der Waals surface area contributed by atoms with Crippen LogP contribution in [0.1, 0.15) is 38.8 Å². The average molecular weight is 496 g/mol. The molecule has 0 unspecified atom stereocenters. The third-order valence-electron chi connectivity index (χ3n) is 5.34. The normalized spacial score (nSPS) is 11.9. The number of aryl methyl sites for hydroxylation is 1. The summed E-state index contributed by atoms with van der Waals surface area (Å²) in [5, 5.41) is 2.57. The van der Waals surface area contributed by atoms with E-state index in [4.69, 9.17) is 10.5 Å². The SMILES string of the molecule is Cc1cccc(NS(=O)(=O)c2ccc(C(=O)O[C@H](C)C(=O)Nc3ccc(C(N)=O)cc3)cc2)c1C. The smallest absolute Gasteiger partial charge is 0.338 e. The number of nitrogens with one attached hydrogen (secondary N) is 2. The Hall–Kier alpha value is -4.18. The highest BCUT2D eigenvalue weighted by atomic mass is 32.2. The van der Waals surface area contributed by atoms with E-state index in [9.17, 15) is 22.8 Å². The van der Waals surface area contributed by atoms with E-state index in [-0.39, 0.29) is 16.0 Å². The summed E-state index contributed by atoms with van der Waals surface area (Å²) in [7, 11) is -3.87. The van der Waals surface area contributed by atoms with Gasteiger partial charge in [0, 0.05) is 11.3 Å². The molecule has 0 spiro atoms. The molecule has 182 valence electrons. The van der Waals surface area contributed by atoms with Gasteiger partial charge in [-0.1, -0.05) is 12.1 Å². The number of carbonyl (C=O) groups excluding carboxylic acids is 3. The fourth-order valence-corrected chi connectivity index (χ4v) is 4.20. The molecule has 0 aliphatic heterocycles. The lowest BCUT2D eigenvalue weighted by molar-refractivity contribution is -0.123. The summed E-state index contributed by atoms with van der Waals surface area (Å²) in [4.78, 5) is 35.9. The van der Waals surface area contributed by atoms with Gasteiger partial charge in [-0.3, -0.25) is 14.3 Å². The van der Waals surface area contributed by atoms with Crippen LogP contribution in [0.2, 0.25) is 0 Å². The lowest BCUT2D eigenvalue weighted by atomic mass is 10.1. The lowest BCUT2D eigenvalue weighted by Gasteiger charge is -2.14. The van der Waals surface area contributed by atoms with Crippen molar-refractivity contribution >= 4 is 39.2 Å². The van der Waals surface area contributed by atoms with Crippen LogP contribution in [0.5, 0.6) is 0 Å². The first-order valence-electron chi connectivity index (χ1n) is 10.6. The topological polar surface area (TPSA) is 145 Å². The number of carbonyl (C=O) groups is 3. The van der Waals surface area contributed by atoms with E-state index in [0.717, 1.165) is 11.1 Å². The molecule has 9 nitrogen and oxygen atoms in total. The van der Waals surface area contributed by atoms with Crippen LogP contribution in [-0.4, -0.2) is 32.3 Å². The van der Waals surface area contributed by atoms with Gasteiger partial charge < -0.3 is 15.8 Å². The van der Waals surface area contributed by atoms with E-state index in [1.165, 1.54) is 55.5 Å². The molecule has 2 amide bonds. The van der Waals surface area contributed by atoms with Gasteiger partial charge >= 0.3 is 5.97 Å². The molecule has 0 aliphatic rings. The van der Waals surface area contributed by atoms with Crippen LogP contribution in [0.25, 0.3) is 0 Å². The summed E-state index contributed by atoms with van der Waals surface area (Å²) in [5.74, 6) is -1.96. The van der Waals surface area contributed by atoms with E-state index < -0.39 is 33.9 Å². The van der Waals surface area contributed by atoms with Crippen LogP contribution in [0.15, 0.2) is 71.6 Å². The molecule has 3 aromatic rings. The number of hydrogen-bond donors (Lipinski definition) is 3. The molecule has 0 saturated carbocycles. The average Bonchev–Trinajstić information content (AvgIpc) is 2.82. The fraction of sp³-hybridized carbons (Fsp3) is 0.160. The first-order valence-corrected chi connectivity index (χ1v) is 12.1. The Bertz CT molecular complexity index is 1370. The molecule has 1 atom stereocenters. The minimum atomic E-state index is -3.87. The Morgan fingerprint density at radius 1 is 0.886 bits per heavy atom. The Morgan fingerprint density at radius 3 is 2.09 bits per heavy atom. The molecule has 0 aliphatic carbocycles. The molecule has 4 N–H and O–H groups in total. The van der Waals surface area contributed by atoms with Gasteiger partial charge in [0.15, 0.2) is 6.10 Å². The van der Waals surface area contributed by atoms with Crippen molar-refractivity contribution in [2.24, 2.45) is 5.73 Å². The molecule has 0 heterocycles. The maximum absolute atomic E-state index is 12.7. The largest absolute Gasteiger partial charge is 0.449 e. The summed E-state index contributed by atoms with van der Waals surface area (Å²) in [6.45, 7) is 5.10. The van der Waals surface area contributed by atoms with Gasteiger partial charge in [-0.25, -0.2) is 13.2 Å². The number of sulfonamides is 1. The van der Waals surface area contributed by atoms with Gasteiger partial charge in [0.2, 0.25) is 5.91 Å². The van der Waals surface area contributed by atoms with E-state index in [0.29, 0.717) is 11.4 Å². The van der Waals surface area contributed by atoms with Gasteiger partial charge in [0.05, 0.1) is 16.1 Å². The molecule has 0 saturated heterocycles. The Kier molecular flexibility index (Phi) is 7.55. The summed E-state index contributed by atoms with van der Waals surface area (Å²) in [6, 6.07) is 16.4. The second-order valence-electron chi connectivity index (χ2n) is 7.86. The Balaban J connectivity index is 1.63. The number of ether oxygens (including phenoxy) is 1. The first kappa shape index (κ1) is 25.4.